The number of primary sulfonamides is 1. The maximum Gasteiger partial charge on any atom is 0.238 e. The number of aromatic amines is 1. The number of rotatable bonds is 5. The van der Waals surface area contributed by atoms with Gasteiger partial charge in [0.05, 0.1) is 10.6 Å². The van der Waals surface area contributed by atoms with Gasteiger partial charge in [-0.1, -0.05) is 12.1 Å². The Labute approximate surface area is 118 Å². The first-order chi connectivity index (χ1) is 9.38. The normalized spacial score (nSPS) is 14.9. The molecule has 1 aromatic heterocycles. The van der Waals surface area contributed by atoms with Gasteiger partial charge in [0.15, 0.2) is 0 Å². The lowest BCUT2D eigenvalue weighted by atomic mass is 10.1. The van der Waals surface area contributed by atoms with E-state index < -0.39 is 10.0 Å². The molecule has 1 aromatic carbocycles. The molecule has 2 rings (SSSR count). The first kappa shape index (κ1) is 14.7. The molecule has 20 heavy (non-hydrogen) atoms. The summed E-state index contributed by atoms with van der Waals surface area (Å²) in [6.45, 7) is 4.04. The van der Waals surface area contributed by atoms with Crippen molar-refractivity contribution in [2.45, 2.75) is 30.8 Å². The third-order valence-corrected chi connectivity index (χ3v) is 4.13. The van der Waals surface area contributed by atoms with E-state index >= 15 is 0 Å². The highest BCUT2D eigenvalue weighted by Gasteiger charge is 2.13. The Bertz CT molecular complexity index is 650. The fourth-order valence-electron chi connectivity index (χ4n) is 2.01. The molecule has 1 heterocycles. The molecule has 4 N–H and O–H groups in total. The van der Waals surface area contributed by atoms with Crippen LogP contribution in [0.1, 0.15) is 37.2 Å². The topological polar surface area (TPSA) is 101 Å². The monoisotopic (exact) mass is 294 g/mol. The van der Waals surface area contributed by atoms with Crippen molar-refractivity contribution in [3.63, 3.8) is 0 Å². The molecule has 0 aliphatic carbocycles. The second-order valence-electron chi connectivity index (χ2n) is 4.74. The van der Waals surface area contributed by atoms with Crippen molar-refractivity contribution < 1.29 is 8.42 Å². The molecule has 2 aromatic rings. The molecule has 0 aliphatic rings. The third kappa shape index (κ3) is 3.44. The second-order valence-corrected chi connectivity index (χ2v) is 6.30. The van der Waals surface area contributed by atoms with Crippen LogP contribution >= 0.6 is 0 Å². The van der Waals surface area contributed by atoms with Crippen LogP contribution in [-0.2, 0) is 10.0 Å². The van der Waals surface area contributed by atoms with E-state index in [0.29, 0.717) is 0 Å². The van der Waals surface area contributed by atoms with Gasteiger partial charge in [-0.05, 0) is 37.6 Å². The Morgan fingerprint density at radius 2 is 1.80 bits per heavy atom. The molecular weight excluding hydrogens is 276 g/mol. The van der Waals surface area contributed by atoms with Gasteiger partial charge in [-0.2, -0.15) is 5.10 Å². The van der Waals surface area contributed by atoms with Gasteiger partial charge in [0.1, 0.15) is 0 Å². The van der Waals surface area contributed by atoms with Crippen molar-refractivity contribution in [3.05, 3.63) is 47.8 Å². The molecule has 2 atom stereocenters. The van der Waals surface area contributed by atoms with Crippen LogP contribution in [0.25, 0.3) is 0 Å². The summed E-state index contributed by atoms with van der Waals surface area (Å²) in [5.41, 5.74) is 1.99. The Balaban J connectivity index is 2.08. The number of H-pyrrole nitrogens is 1. The van der Waals surface area contributed by atoms with Crippen LogP contribution in [0, 0.1) is 0 Å². The molecule has 0 spiro atoms. The Hall–Kier alpha value is -1.70. The summed E-state index contributed by atoms with van der Waals surface area (Å²) in [5, 5.41) is 15.3. The Kier molecular flexibility index (Phi) is 4.22. The molecule has 0 saturated carbocycles. The van der Waals surface area contributed by atoms with E-state index in [0.717, 1.165) is 11.3 Å². The van der Waals surface area contributed by atoms with Crippen molar-refractivity contribution in [2.75, 3.05) is 0 Å². The summed E-state index contributed by atoms with van der Waals surface area (Å²) in [7, 11) is -3.64. The van der Waals surface area contributed by atoms with Crippen LogP contribution in [0.5, 0.6) is 0 Å². The molecule has 0 radical (unpaired) electrons. The van der Waals surface area contributed by atoms with Crippen molar-refractivity contribution >= 4 is 10.0 Å². The number of nitrogens with two attached hydrogens (primary N) is 1. The highest BCUT2D eigenvalue weighted by molar-refractivity contribution is 7.89. The first-order valence-electron chi connectivity index (χ1n) is 6.26. The number of benzene rings is 1. The fraction of sp³-hybridized carbons (Fsp3) is 0.308. The minimum absolute atomic E-state index is 0.0721. The standard InChI is InChI=1S/C13H18N4O2S/c1-9(16-10(2)13-7-8-15-17-13)11-3-5-12(6-4-11)20(14,18)19/h3-10,16H,1-2H3,(H,15,17)(H2,14,18,19). The lowest BCUT2D eigenvalue weighted by molar-refractivity contribution is 0.485. The SMILES string of the molecule is CC(NC(C)c1ccn[nH]1)c1ccc(S(N)(=O)=O)cc1. The second kappa shape index (κ2) is 5.74. The summed E-state index contributed by atoms with van der Waals surface area (Å²) in [6, 6.07) is 8.66. The summed E-state index contributed by atoms with van der Waals surface area (Å²) in [4.78, 5) is 0.120. The Morgan fingerprint density at radius 1 is 1.15 bits per heavy atom. The largest absolute Gasteiger partial charge is 0.302 e. The average Bonchev–Trinajstić information content (AvgIpc) is 2.91. The van der Waals surface area contributed by atoms with Crippen LogP contribution in [0.4, 0.5) is 0 Å². The lowest BCUT2D eigenvalue weighted by Crippen LogP contribution is -2.23. The smallest absolute Gasteiger partial charge is 0.238 e. The van der Waals surface area contributed by atoms with Gasteiger partial charge < -0.3 is 5.32 Å². The van der Waals surface area contributed by atoms with E-state index in [9.17, 15) is 8.42 Å². The summed E-state index contributed by atoms with van der Waals surface area (Å²) in [5.74, 6) is 0. The third-order valence-electron chi connectivity index (χ3n) is 3.20. The molecule has 0 amide bonds. The zero-order valence-corrected chi connectivity index (χ0v) is 12.2. The van der Waals surface area contributed by atoms with Gasteiger partial charge in [-0.15, -0.1) is 0 Å². The summed E-state index contributed by atoms with van der Waals surface area (Å²) >= 11 is 0. The molecule has 0 saturated heterocycles. The number of hydrogen-bond acceptors (Lipinski definition) is 4. The lowest BCUT2D eigenvalue weighted by Gasteiger charge is -2.19. The summed E-state index contributed by atoms with van der Waals surface area (Å²) < 4.78 is 22.4. The quantitative estimate of drug-likeness (QED) is 0.777. The van der Waals surface area contributed by atoms with Gasteiger partial charge in [0.25, 0.3) is 0 Å². The van der Waals surface area contributed by atoms with Gasteiger partial charge in [0.2, 0.25) is 10.0 Å². The van der Waals surface area contributed by atoms with E-state index in [1.807, 2.05) is 19.9 Å². The molecule has 0 fully saturated rings. The number of nitrogens with one attached hydrogen (secondary N) is 2. The maximum absolute atomic E-state index is 11.2. The predicted octanol–water partition coefficient (Wildman–Crippen LogP) is 1.47. The zero-order valence-electron chi connectivity index (χ0n) is 11.4. The highest BCUT2D eigenvalue weighted by Crippen LogP contribution is 2.19. The van der Waals surface area contributed by atoms with Crippen molar-refractivity contribution in [3.8, 4) is 0 Å². The minimum Gasteiger partial charge on any atom is -0.302 e. The number of aromatic nitrogens is 2. The average molecular weight is 294 g/mol. The zero-order chi connectivity index (χ0) is 14.8. The number of hydrogen-bond donors (Lipinski definition) is 3. The van der Waals surface area contributed by atoms with Crippen LogP contribution < -0.4 is 10.5 Å². The highest BCUT2D eigenvalue weighted by atomic mass is 32.2. The van der Waals surface area contributed by atoms with E-state index in [4.69, 9.17) is 5.14 Å². The van der Waals surface area contributed by atoms with Crippen LogP contribution in [0.2, 0.25) is 0 Å². The van der Waals surface area contributed by atoms with Gasteiger partial charge in [-0.3, -0.25) is 5.10 Å². The minimum atomic E-state index is -3.64. The van der Waals surface area contributed by atoms with E-state index in [2.05, 4.69) is 15.5 Å². The fourth-order valence-corrected chi connectivity index (χ4v) is 2.53. The van der Waals surface area contributed by atoms with Crippen molar-refractivity contribution in [1.82, 2.24) is 15.5 Å². The van der Waals surface area contributed by atoms with Crippen molar-refractivity contribution in [2.24, 2.45) is 5.14 Å². The van der Waals surface area contributed by atoms with Crippen molar-refractivity contribution in [1.29, 1.82) is 0 Å². The van der Waals surface area contributed by atoms with Gasteiger partial charge >= 0.3 is 0 Å². The van der Waals surface area contributed by atoms with Crippen LogP contribution in [0.15, 0.2) is 41.4 Å². The van der Waals surface area contributed by atoms with Gasteiger partial charge in [-0.25, -0.2) is 13.6 Å². The predicted molar refractivity (Wildman–Crippen MR) is 76.4 cm³/mol. The summed E-state index contributed by atoms with van der Waals surface area (Å²) in [6.07, 6.45) is 1.71. The Morgan fingerprint density at radius 3 is 2.30 bits per heavy atom. The molecule has 2 unspecified atom stereocenters. The molecule has 0 aliphatic heterocycles. The number of nitrogens with zero attached hydrogens (tertiary/aromatic N) is 1. The maximum atomic E-state index is 11.2. The van der Waals surface area contributed by atoms with Gasteiger partial charge in [0, 0.05) is 18.3 Å². The van der Waals surface area contributed by atoms with Crippen LogP contribution in [0.3, 0.4) is 0 Å². The molecule has 108 valence electrons. The van der Waals surface area contributed by atoms with Crippen LogP contribution in [-0.4, -0.2) is 18.6 Å². The number of sulfonamides is 1. The van der Waals surface area contributed by atoms with E-state index in [1.165, 1.54) is 12.1 Å². The first-order valence-corrected chi connectivity index (χ1v) is 7.80. The molecule has 0 bridgehead atoms. The van der Waals surface area contributed by atoms with E-state index in [-0.39, 0.29) is 17.0 Å². The van der Waals surface area contributed by atoms with E-state index in [1.54, 1.807) is 18.3 Å². The molecular formula is C13H18N4O2S. The molecule has 6 nitrogen and oxygen atoms in total. The molecule has 7 heteroatoms.